The molecule has 2 unspecified atom stereocenters. The fourth-order valence-corrected chi connectivity index (χ4v) is 2.56. The van der Waals surface area contributed by atoms with E-state index in [0.29, 0.717) is 6.42 Å². The Morgan fingerprint density at radius 1 is 1.26 bits per heavy atom. The van der Waals surface area contributed by atoms with Crippen molar-refractivity contribution in [1.29, 1.82) is 0 Å². The maximum atomic E-state index is 10.6. The molecule has 3 N–H and O–H groups in total. The number of carboxylic acids is 1. The summed E-state index contributed by atoms with van der Waals surface area (Å²) in [6.45, 7) is 7.77. The van der Waals surface area contributed by atoms with E-state index in [2.05, 4.69) is 5.32 Å². The molecule has 2 atom stereocenters. The van der Waals surface area contributed by atoms with Gasteiger partial charge in [-0.25, -0.2) is 0 Å². The van der Waals surface area contributed by atoms with E-state index in [1.54, 1.807) is 0 Å². The highest BCUT2D eigenvalue weighted by atomic mass is 16.4. The third kappa shape index (κ3) is 4.04. The Balaban J connectivity index is 2.97. The summed E-state index contributed by atoms with van der Waals surface area (Å²) in [5, 5.41) is 22.1. The average Bonchev–Trinajstić information content (AvgIpc) is 2.27. The zero-order chi connectivity index (χ0) is 14.6. The molecule has 0 saturated carbocycles. The topological polar surface area (TPSA) is 69.6 Å². The van der Waals surface area contributed by atoms with Gasteiger partial charge in [-0.1, -0.05) is 24.6 Å². The molecule has 4 heteroatoms. The zero-order valence-corrected chi connectivity index (χ0v) is 12.0. The van der Waals surface area contributed by atoms with Crippen LogP contribution in [0.5, 0.6) is 0 Å². The number of aliphatic carboxylic acids is 1. The molecule has 0 aliphatic carbocycles. The minimum atomic E-state index is -0.914. The van der Waals surface area contributed by atoms with Crippen LogP contribution in [0.1, 0.15) is 41.7 Å². The predicted molar refractivity (Wildman–Crippen MR) is 75.3 cm³/mol. The lowest BCUT2D eigenvalue weighted by Crippen LogP contribution is -2.38. The van der Waals surface area contributed by atoms with Gasteiger partial charge in [0.25, 0.3) is 0 Å². The van der Waals surface area contributed by atoms with E-state index in [9.17, 15) is 9.90 Å². The Labute approximate surface area is 114 Å². The van der Waals surface area contributed by atoms with Crippen LogP contribution in [-0.2, 0) is 4.79 Å². The van der Waals surface area contributed by atoms with E-state index in [1.165, 1.54) is 0 Å². The Kier molecular flexibility index (Phi) is 5.51. The van der Waals surface area contributed by atoms with Crippen LogP contribution in [0.2, 0.25) is 0 Å². The lowest BCUT2D eigenvalue weighted by Gasteiger charge is -2.25. The van der Waals surface area contributed by atoms with E-state index < -0.39 is 12.1 Å². The zero-order valence-electron chi connectivity index (χ0n) is 12.0. The molecular weight excluding hydrogens is 242 g/mol. The minimum Gasteiger partial charge on any atom is -0.480 e. The highest BCUT2D eigenvalue weighted by Gasteiger charge is 2.22. The number of carbonyl (C=O) groups is 1. The number of hydrogen-bond acceptors (Lipinski definition) is 3. The van der Waals surface area contributed by atoms with Crippen molar-refractivity contribution in [3.63, 3.8) is 0 Å². The monoisotopic (exact) mass is 265 g/mol. The summed E-state index contributed by atoms with van der Waals surface area (Å²) in [7, 11) is 0. The Hall–Kier alpha value is -1.39. The first-order chi connectivity index (χ1) is 8.86. The van der Waals surface area contributed by atoms with E-state index in [1.807, 2.05) is 39.8 Å². The summed E-state index contributed by atoms with van der Waals surface area (Å²) in [5.74, 6) is -0.914. The van der Waals surface area contributed by atoms with Crippen molar-refractivity contribution in [3.8, 4) is 0 Å². The molecule has 0 saturated heterocycles. The van der Waals surface area contributed by atoms with Crippen LogP contribution in [0.4, 0.5) is 0 Å². The Morgan fingerprint density at radius 2 is 1.79 bits per heavy atom. The van der Waals surface area contributed by atoms with Crippen LogP contribution >= 0.6 is 0 Å². The van der Waals surface area contributed by atoms with Crippen molar-refractivity contribution in [2.45, 2.75) is 46.3 Å². The van der Waals surface area contributed by atoms with Gasteiger partial charge in [-0.05, 0) is 43.9 Å². The SMILES string of the molecule is CCC(NCC(=O)O)C(O)c1c(C)cc(C)cc1C. The fourth-order valence-electron chi connectivity index (χ4n) is 2.56. The quantitative estimate of drug-likeness (QED) is 0.736. The second kappa shape index (κ2) is 6.68. The van der Waals surface area contributed by atoms with Gasteiger partial charge in [0, 0.05) is 6.04 Å². The molecule has 0 amide bonds. The van der Waals surface area contributed by atoms with Gasteiger partial charge in [0.1, 0.15) is 0 Å². The molecule has 0 aliphatic heterocycles. The molecule has 1 aromatic carbocycles. The van der Waals surface area contributed by atoms with E-state index in [4.69, 9.17) is 5.11 Å². The van der Waals surface area contributed by atoms with Gasteiger partial charge in [0.05, 0.1) is 12.6 Å². The molecule has 19 heavy (non-hydrogen) atoms. The lowest BCUT2D eigenvalue weighted by atomic mass is 9.91. The summed E-state index contributed by atoms with van der Waals surface area (Å²) >= 11 is 0. The highest BCUT2D eigenvalue weighted by Crippen LogP contribution is 2.26. The fraction of sp³-hybridized carbons (Fsp3) is 0.533. The van der Waals surface area contributed by atoms with Crippen molar-refractivity contribution in [3.05, 3.63) is 34.4 Å². The average molecular weight is 265 g/mol. The van der Waals surface area contributed by atoms with Gasteiger partial charge in [0.2, 0.25) is 0 Å². The molecule has 0 radical (unpaired) electrons. The number of aliphatic hydroxyl groups excluding tert-OH is 1. The summed E-state index contributed by atoms with van der Waals surface area (Å²) in [6, 6.07) is 3.82. The van der Waals surface area contributed by atoms with Gasteiger partial charge in [0.15, 0.2) is 0 Å². The van der Waals surface area contributed by atoms with E-state index in [-0.39, 0.29) is 12.6 Å². The molecule has 106 valence electrons. The normalized spacial score (nSPS) is 14.2. The predicted octanol–water partition coefficient (Wildman–Crippen LogP) is 2.10. The third-order valence-electron chi connectivity index (χ3n) is 3.37. The van der Waals surface area contributed by atoms with Crippen molar-refractivity contribution in [1.82, 2.24) is 5.32 Å². The molecule has 0 spiro atoms. The van der Waals surface area contributed by atoms with E-state index >= 15 is 0 Å². The van der Waals surface area contributed by atoms with Gasteiger partial charge in [-0.15, -0.1) is 0 Å². The van der Waals surface area contributed by atoms with Crippen molar-refractivity contribution >= 4 is 5.97 Å². The molecule has 0 heterocycles. The smallest absolute Gasteiger partial charge is 0.317 e. The third-order valence-corrected chi connectivity index (χ3v) is 3.37. The number of benzene rings is 1. The van der Waals surface area contributed by atoms with Crippen LogP contribution in [0.15, 0.2) is 12.1 Å². The van der Waals surface area contributed by atoms with Gasteiger partial charge >= 0.3 is 5.97 Å². The second-order valence-electron chi connectivity index (χ2n) is 5.05. The highest BCUT2D eigenvalue weighted by molar-refractivity contribution is 5.69. The molecule has 0 aromatic heterocycles. The largest absolute Gasteiger partial charge is 0.480 e. The van der Waals surface area contributed by atoms with Crippen molar-refractivity contribution < 1.29 is 15.0 Å². The lowest BCUT2D eigenvalue weighted by molar-refractivity contribution is -0.136. The molecule has 0 fully saturated rings. The molecule has 0 bridgehead atoms. The van der Waals surface area contributed by atoms with Crippen molar-refractivity contribution in [2.24, 2.45) is 0 Å². The number of aliphatic hydroxyl groups is 1. The standard InChI is InChI=1S/C15H23NO3/c1-5-12(16-8-13(17)18)15(19)14-10(3)6-9(2)7-11(14)4/h6-7,12,15-16,19H,5,8H2,1-4H3,(H,17,18). The van der Waals surface area contributed by atoms with Crippen LogP contribution in [0.3, 0.4) is 0 Å². The molecular formula is C15H23NO3. The van der Waals surface area contributed by atoms with Crippen LogP contribution in [0.25, 0.3) is 0 Å². The molecule has 1 rings (SSSR count). The molecule has 1 aromatic rings. The van der Waals surface area contributed by atoms with Crippen LogP contribution < -0.4 is 5.32 Å². The summed E-state index contributed by atoms with van der Waals surface area (Å²) in [6.07, 6.45) is -0.0220. The van der Waals surface area contributed by atoms with Crippen molar-refractivity contribution in [2.75, 3.05) is 6.54 Å². The maximum absolute atomic E-state index is 10.6. The Morgan fingerprint density at radius 3 is 2.21 bits per heavy atom. The first-order valence-electron chi connectivity index (χ1n) is 6.57. The minimum absolute atomic E-state index is 0.139. The molecule has 0 aliphatic rings. The number of nitrogens with one attached hydrogen (secondary N) is 1. The van der Waals surface area contributed by atoms with Gasteiger partial charge < -0.3 is 15.5 Å². The second-order valence-corrected chi connectivity index (χ2v) is 5.05. The summed E-state index contributed by atoms with van der Waals surface area (Å²) < 4.78 is 0. The first kappa shape index (κ1) is 15.7. The first-order valence-corrected chi connectivity index (χ1v) is 6.57. The number of carboxylic acid groups (broad SMARTS) is 1. The number of hydrogen-bond donors (Lipinski definition) is 3. The molecule has 4 nitrogen and oxygen atoms in total. The summed E-state index contributed by atoms with van der Waals surface area (Å²) in [4.78, 5) is 10.6. The maximum Gasteiger partial charge on any atom is 0.317 e. The number of aryl methyl sites for hydroxylation is 3. The Bertz CT molecular complexity index is 434. The van der Waals surface area contributed by atoms with Crippen LogP contribution in [0, 0.1) is 20.8 Å². The van der Waals surface area contributed by atoms with E-state index in [0.717, 1.165) is 22.3 Å². The van der Waals surface area contributed by atoms with Gasteiger partial charge in [-0.2, -0.15) is 0 Å². The number of rotatable bonds is 6. The van der Waals surface area contributed by atoms with Crippen LogP contribution in [-0.4, -0.2) is 28.8 Å². The van der Waals surface area contributed by atoms with Gasteiger partial charge in [-0.3, -0.25) is 4.79 Å². The summed E-state index contributed by atoms with van der Waals surface area (Å²) in [5.41, 5.74) is 4.15.